The fourth-order valence-electron chi connectivity index (χ4n) is 2.84. The van der Waals surface area contributed by atoms with Crippen molar-refractivity contribution in [1.82, 2.24) is 19.9 Å². The van der Waals surface area contributed by atoms with Gasteiger partial charge in [-0.1, -0.05) is 6.07 Å². The molecule has 0 aliphatic rings. The van der Waals surface area contributed by atoms with Crippen molar-refractivity contribution in [2.24, 2.45) is 0 Å². The van der Waals surface area contributed by atoms with Gasteiger partial charge in [0.1, 0.15) is 23.1 Å². The second kappa shape index (κ2) is 8.65. The van der Waals surface area contributed by atoms with E-state index in [1.165, 1.54) is 12.1 Å². The van der Waals surface area contributed by atoms with Crippen LogP contribution in [0, 0.1) is 19.7 Å². The number of rotatable bonds is 6. The molecule has 3 aromatic heterocycles. The van der Waals surface area contributed by atoms with Crippen molar-refractivity contribution in [1.29, 1.82) is 0 Å². The second-order valence-electron chi connectivity index (χ2n) is 6.73. The van der Waals surface area contributed by atoms with Crippen molar-refractivity contribution >= 4 is 5.82 Å². The number of hydrogen-bond donors (Lipinski definition) is 1. The van der Waals surface area contributed by atoms with Crippen LogP contribution in [0.3, 0.4) is 0 Å². The third-order valence-electron chi connectivity index (χ3n) is 4.58. The molecule has 0 radical (unpaired) electrons. The monoisotopic (exact) mass is 401 g/mol. The van der Waals surface area contributed by atoms with E-state index in [1.54, 1.807) is 24.5 Å². The fourth-order valence-corrected chi connectivity index (χ4v) is 2.84. The molecular formula is C23H20FN5O. The number of aromatic nitrogens is 4. The van der Waals surface area contributed by atoms with Gasteiger partial charge >= 0.3 is 0 Å². The van der Waals surface area contributed by atoms with Crippen molar-refractivity contribution in [2.75, 3.05) is 5.32 Å². The lowest BCUT2D eigenvalue weighted by Crippen LogP contribution is -2.07. The zero-order chi connectivity index (χ0) is 20.9. The molecule has 0 aliphatic carbocycles. The number of anilines is 1. The van der Waals surface area contributed by atoms with E-state index in [-0.39, 0.29) is 5.82 Å². The summed E-state index contributed by atoms with van der Waals surface area (Å²) >= 11 is 0. The first kappa shape index (κ1) is 19.4. The number of nitrogens with zero attached hydrogens (tertiary/aromatic N) is 4. The first-order valence-electron chi connectivity index (χ1n) is 9.47. The van der Waals surface area contributed by atoms with Crippen LogP contribution in [-0.4, -0.2) is 19.9 Å². The molecule has 0 spiro atoms. The smallest absolute Gasteiger partial charge is 0.219 e. The summed E-state index contributed by atoms with van der Waals surface area (Å²) in [7, 11) is 0. The van der Waals surface area contributed by atoms with Crippen molar-refractivity contribution in [3.8, 4) is 23.1 Å². The molecule has 30 heavy (non-hydrogen) atoms. The molecule has 4 aromatic rings. The maximum absolute atomic E-state index is 13.1. The van der Waals surface area contributed by atoms with E-state index >= 15 is 0 Å². The summed E-state index contributed by atoms with van der Waals surface area (Å²) < 4.78 is 18.8. The number of pyridine rings is 2. The van der Waals surface area contributed by atoms with Crippen molar-refractivity contribution < 1.29 is 9.13 Å². The Hall–Kier alpha value is -3.87. The summed E-state index contributed by atoms with van der Waals surface area (Å²) in [5.74, 6) is 1.98. The first-order valence-corrected chi connectivity index (χ1v) is 9.47. The quantitative estimate of drug-likeness (QED) is 0.485. The van der Waals surface area contributed by atoms with Crippen LogP contribution in [0.5, 0.6) is 11.6 Å². The van der Waals surface area contributed by atoms with Crippen LogP contribution in [0.2, 0.25) is 0 Å². The summed E-state index contributed by atoms with van der Waals surface area (Å²) in [6.07, 6.45) is 3.40. The molecule has 4 rings (SSSR count). The Labute approximate surface area is 173 Å². The molecule has 7 heteroatoms. The van der Waals surface area contributed by atoms with E-state index in [9.17, 15) is 4.39 Å². The van der Waals surface area contributed by atoms with Gasteiger partial charge in [-0.05, 0) is 61.9 Å². The Kier molecular flexibility index (Phi) is 5.61. The molecule has 0 saturated heterocycles. The number of halogens is 1. The van der Waals surface area contributed by atoms with Crippen LogP contribution in [0.4, 0.5) is 10.2 Å². The van der Waals surface area contributed by atoms with E-state index in [2.05, 4.69) is 25.3 Å². The summed E-state index contributed by atoms with van der Waals surface area (Å²) in [6, 6.07) is 15.2. The number of hydrogen-bond acceptors (Lipinski definition) is 6. The number of nitrogens with one attached hydrogen (secondary N) is 1. The Morgan fingerprint density at radius 2 is 1.77 bits per heavy atom. The summed E-state index contributed by atoms with van der Waals surface area (Å²) in [5, 5.41) is 3.37. The van der Waals surface area contributed by atoms with Crippen molar-refractivity contribution in [3.05, 3.63) is 89.6 Å². The molecule has 1 aromatic carbocycles. The third kappa shape index (κ3) is 4.57. The molecule has 150 valence electrons. The van der Waals surface area contributed by atoms with Gasteiger partial charge in [-0.25, -0.2) is 19.3 Å². The maximum Gasteiger partial charge on any atom is 0.219 e. The Morgan fingerprint density at radius 1 is 0.933 bits per heavy atom. The van der Waals surface area contributed by atoms with Gasteiger partial charge in [-0.2, -0.15) is 0 Å². The molecule has 0 unspecified atom stereocenters. The molecule has 0 fully saturated rings. The summed E-state index contributed by atoms with van der Waals surface area (Å²) in [4.78, 5) is 17.8. The lowest BCUT2D eigenvalue weighted by Gasteiger charge is -2.13. The molecule has 0 amide bonds. The second-order valence-corrected chi connectivity index (χ2v) is 6.73. The topological polar surface area (TPSA) is 72.8 Å². The van der Waals surface area contributed by atoms with Crippen LogP contribution < -0.4 is 10.1 Å². The molecule has 0 bridgehead atoms. The van der Waals surface area contributed by atoms with E-state index in [4.69, 9.17) is 4.74 Å². The van der Waals surface area contributed by atoms with Gasteiger partial charge < -0.3 is 10.1 Å². The van der Waals surface area contributed by atoms with E-state index in [1.807, 2.05) is 44.2 Å². The van der Waals surface area contributed by atoms with Gasteiger partial charge in [0.2, 0.25) is 5.88 Å². The lowest BCUT2D eigenvalue weighted by molar-refractivity contribution is 0.460. The minimum atomic E-state index is -0.311. The molecular weight excluding hydrogens is 381 g/mol. The highest BCUT2D eigenvalue weighted by molar-refractivity contribution is 5.56. The minimum absolute atomic E-state index is 0.311. The van der Waals surface area contributed by atoms with Gasteiger partial charge in [-0.3, -0.25) is 4.98 Å². The summed E-state index contributed by atoms with van der Waals surface area (Å²) in [6.45, 7) is 4.46. The number of ether oxygens (including phenoxy) is 1. The molecule has 1 N–H and O–H groups in total. The molecule has 0 saturated carbocycles. The highest BCUT2D eigenvalue weighted by Crippen LogP contribution is 2.23. The van der Waals surface area contributed by atoms with Gasteiger partial charge in [0.15, 0.2) is 5.82 Å². The van der Waals surface area contributed by atoms with Crippen molar-refractivity contribution in [2.45, 2.75) is 20.4 Å². The highest BCUT2D eigenvalue weighted by atomic mass is 19.1. The highest BCUT2D eigenvalue weighted by Gasteiger charge is 2.11. The first-order chi connectivity index (χ1) is 14.6. The molecule has 6 nitrogen and oxygen atoms in total. The Morgan fingerprint density at radius 3 is 2.53 bits per heavy atom. The van der Waals surface area contributed by atoms with E-state index in [0.717, 1.165) is 28.3 Å². The zero-order valence-electron chi connectivity index (χ0n) is 16.6. The Balaban J connectivity index is 1.51. The SMILES string of the molecule is Cc1nc(-c2ccccn2)nc(NCc2ccnc(Oc3ccc(F)cc3)c2)c1C. The molecule has 0 aliphatic heterocycles. The predicted molar refractivity (Wildman–Crippen MR) is 113 cm³/mol. The van der Waals surface area contributed by atoms with Crippen LogP contribution in [0.25, 0.3) is 11.5 Å². The standard InChI is InChI=1S/C23H20FN5O/c1-15-16(2)28-23(20-5-3-4-11-25-20)29-22(15)27-14-17-10-12-26-21(13-17)30-19-8-6-18(24)7-9-19/h3-13H,14H2,1-2H3,(H,27,28,29). The minimum Gasteiger partial charge on any atom is -0.439 e. The van der Waals surface area contributed by atoms with E-state index < -0.39 is 0 Å². The fraction of sp³-hybridized carbons (Fsp3) is 0.130. The number of benzene rings is 1. The summed E-state index contributed by atoms with van der Waals surface area (Å²) in [5.41, 5.74) is 3.56. The average Bonchev–Trinajstić information content (AvgIpc) is 2.77. The third-order valence-corrected chi connectivity index (χ3v) is 4.58. The zero-order valence-corrected chi connectivity index (χ0v) is 16.6. The lowest BCUT2D eigenvalue weighted by atomic mass is 10.2. The predicted octanol–water partition coefficient (Wildman–Crippen LogP) is 5.09. The number of aryl methyl sites for hydroxylation is 1. The largest absolute Gasteiger partial charge is 0.439 e. The van der Waals surface area contributed by atoms with Crippen LogP contribution in [0.1, 0.15) is 16.8 Å². The normalized spacial score (nSPS) is 10.6. The molecule has 3 heterocycles. The molecule has 0 atom stereocenters. The maximum atomic E-state index is 13.1. The van der Waals surface area contributed by atoms with Gasteiger partial charge in [0.05, 0.1) is 0 Å². The average molecular weight is 401 g/mol. The van der Waals surface area contributed by atoms with Crippen LogP contribution in [0.15, 0.2) is 67.0 Å². The van der Waals surface area contributed by atoms with Gasteiger partial charge in [-0.15, -0.1) is 0 Å². The van der Waals surface area contributed by atoms with E-state index in [0.29, 0.717) is 24.0 Å². The van der Waals surface area contributed by atoms with Crippen molar-refractivity contribution in [3.63, 3.8) is 0 Å². The van der Waals surface area contributed by atoms with Crippen LogP contribution in [-0.2, 0) is 6.54 Å². The Bertz CT molecular complexity index is 1150. The van der Waals surface area contributed by atoms with Crippen LogP contribution >= 0.6 is 0 Å². The van der Waals surface area contributed by atoms with Gasteiger partial charge in [0.25, 0.3) is 0 Å². The van der Waals surface area contributed by atoms with Gasteiger partial charge in [0, 0.05) is 36.3 Å².